The van der Waals surface area contributed by atoms with Gasteiger partial charge in [0.15, 0.2) is 0 Å². The van der Waals surface area contributed by atoms with Crippen molar-refractivity contribution in [1.82, 2.24) is 5.32 Å². The van der Waals surface area contributed by atoms with E-state index in [9.17, 15) is 23.3 Å². The van der Waals surface area contributed by atoms with Gasteiger partial charge in [0.1, 0.15) is 11.6 Å². The molecule has 2 aromatic rings. The van der Waals surface area contributed by atoms with Crippen molar-refractivity contribution in [2.24, 2.45) is 5.92 Å². The monoisotopic (exact) mass is 467 g/mol. The predicted molar refractivity (Wildman–Crippen MR) is 121 cm³/mol. The fraction of sp³-hybridized carbons (Fsp3) is 0.381. The van der Waals surface area contributed by atoms with E-state index in [1.165, 1.54) is 6.07 Å². The van der Waals surface area contributed by atoms with Gasteiger partial charge in [-0.1, -0.05) is 43.1 Å². The molecule has 0 aliphatic rings. The third kappa shape index (κ3) is 5.74. The number of anilines is 1. The van der Waals surface area contributed by atoms with Crippen molar-refractivity contribution in [2.75, 3.05) is 10.8 Å². The minimum atomic E-state index is -4.30. The molecule has 10 heteroatoms. The van der Waals surface area contributed by atoms with Crippen LogP contribution in [0.4, 0.5) is 11.4 Å². The van der Waals surface area contributed by atoms with E-state index in [4.69, 9.17) is 11.6 Å². The molecule has 1 amide bonds. The number of hydrogen-bond donors (Lipinski definition) is 1. The number of amides is 1. The van der Waals surface area contributed by atoms with Crippen LogP contribution >= 0.6 is 11.6 Å². The largest absolute Gasteiger partial charge is 0.352 e. The number of carbonyl (C=O) groups excluding carboxylic acids is 1. The molecule has 8 nitrogen and oxygen atoms in total. The first-order valence-corrected chi connectivity index (χ1v) is 11.5. The maximum Gasteiger partial charge on any atom is 0.289 e. The Morgan fingerprint density at radius 2 is 1.81 bits per heavy atom. The maximum atomic E-state index is 13.5. The summed E-state index contributed by atoms with van der Waals surface area (Å²) in [6.45, 7) is 8.85. The number of benzene rings is 2. The van der Waals surface area contributed by atoms with Gasteiger partial charge in [-0.2, -0.15) is 0 Å². The number of halogens is 1. The minimum Gasteiger partial charge on any atom is -0.352 e. The highest BCUT2D eigenvalue weighted by Crippen LogP contribution is 2.32. The number of nitro benzene ring substituents is 1. The first-order chi connectivity index (χ1) is 14.3. The number of rotatable bonds is 8. The van der Waals surface area contributed by atoms with Crippen molar-refractivity contribution in [3.05, 3.63) is 62.7 Å². The SMILES string of the molecule is Cc1ccc(N(CC(=O)NC(C)C(C)C)S(=O)(=O)c2ccc(Cl)c([N+](=O)[O-])c2)c(C)c1. The standard InChI is InChI=1S/C21H26ClN3O5S/c1-13(2)16(5)23-21(26)12-24(19-9-6-14(3)10-15(19)4)31(29,30)17-7-8-18(22)20(11-17)25(27)28/h6-11,13,16H,12H2,1-5H3,(H,23,26). The van der Waals surface area contributed by atoms with Gasteiger partial charge in [0, 0.05) is 12.1 Å². The van der Waals surface area contributed by atoms with Crippen molar-refractivity contribution in [2.45, 2.75) is 45.6 Å². The molecule has 0 spiro atoms. The second kappa shape index (κ2) is 9.65. The fourth-order valence-corrected chi connectivity index (χ4v) is 4.59. The number of carbonyl (C=O) groups is 1. The van der Waals surface area contributed by atoms with E-state index < -0.39 is 33.1 Å². The summed E-state index contributed by atoms with van der Waals surface area (Å²) in [5, 5.41) is 13.9. The predicted octanol–water partition coefficient (Wildman–Crippen LogP) is 4.22. The van der Waals surface area contributed by atoms with Crippen LogP contribution in [0.1, 0.15) is 31.9 Å². The second-order valence-corrected chi connectivity index (χ2v) is 10.0. The summed E-state index contributed by atoms with van der Waals surface area (Å²) in [6.07, 6.45) is 0. The van der Waals surface area contributed by atoms with Crippen molar-refractivity contribution >= 4 is 38.9 Å². The lowest BCUT2D eigenvalue weighted by Crippen LogP contribution is -2.45. The molecule has 2 rings (SSSR count). The number of nitro groups is 1. The lowest BCUT2D eigenvalue weighted by Gasteiger charge is -2.27. The Kier molecular flexibility index (Phi) is 7.67. The minimum absolute atomic E-state index is 0.159. The number of sulfonamides is 1. The van der Waals surface area contributed by atoms with E-state index in [2.05, 4.69) is 5.32 Å². The van der Waals surface area contributed by atoms with Crippen LogP contribution in [0.2, 0.25) is 5.02 Å². The van der Waals surface area contributed by atoms with Gasteiger partial charge in [-0.15, -0.1) is 0 Å². The highest BCUT2D eigenvalue weighted by Gasteiger charge is 2.30. The van der Waals surface area contributed by atoms with Gasteiger partial charge in [-0.3, -0.25) is 19.2 Å². The average molecular weight is 468 g/mol. The third-order valence-corrected chi connectivity index (χ3v) is 7.07. The Hall–Kier alpha value is -2.65. The molecule has 0 fully saturated rings. The Morgan fingerprint density at radius 3 is 2.35 bits per heavy atom. The van der Waals surface area contributed by atoms with Crippen molar-refractivity contribution in [1.29, 1.82) is 0 Å². The summed E-state index contributed by atoms with van der Waals surface area (Å²) in [5.41, 5.74) is 1.37. The molecule has 0 aliphatic heterocycles. The van der Waals surface area contributed by atoms with Gasteiger partial charge in [-0.25, -0.2) is 8.42 Å². The molecule has 1 N–H and O–H groups in total. The van der Waals surface area contributed by atoms with Gasteiger partial charge >= 0.3 is 0 Å². The van der Waals surface area contributed by atoms with Crippen LogP contribution < -0.4 is 9.62 Å². The van der Waals surface area contributed by atoms with Gasteiger partial charge < -0.3 is 5.32 Å². The molecule has 0 radical (unpaired) electrons. The number of nitrogens with one attached hydrogen (secondary N) is 1. The van der Waals surface area contributed by atoms with Gasteiger partial charge in [-0.05, 0) is 50.5 Å². The molecule has 31 heavy (non-hydrogen) atoms. The molecule has 168 valence electrons. The zero-order valence-corrected chi connectivity index (χ0v) is 19.6. The van der Waals surface area contributed by atoms with Gasteiger partial charge in [0.2, 0.25) is 5.91 Å². The topological polar surface area (TPSA) is 110 Å². The Morgan fingerprint density at radius 1 is 1.16 bits per heavy atom. The van der Waals surface area contributed by atoms with Crippen molar-refractivity contribution < 1.29 is 18.1 Å². The summed E-state index contributed by atoms with van der Waals surface area (Å²) < 4.78 is 28.0. The van der Waals surface area contributed by atoms with Crippen LogP contribution in [0.15, 0.2) is 41.3 Å². The maximum absolute atomic E-state index is 13.5. The van der Waals surface area contributed by atoms with E-state index in [-0.39, 0.29) is 21.9 Å². The molecule has 0 saturated carbocycles. The van der Waals surface area contributed by atoms with Crippen molar-refractivity contribution in [3.63, 3.8) is 0 Å². The quantitative estimate of drug-likeness (QED) is 0.461. The van der Waals surface area contributed by atoms with Crippen LogP contribution in [-0.4, -0.2) is 31.8 Å². The van der Waals surface area contributed by atoms with Crippen molar-refractivity contribution in [3.8, 4) is 0 Å². The number of nitrogens with zero attached hydrogens (tertiary/aromatic N) is 2. The van der Waals surface area contributed by atoms with E-state index in [0.29, 0.717) is 11.3 Å². The molecule has 0 heterocycles. The fourth-order valence-electron chi connectivity index (χ4n) is 2.90. The van der Waals surface area contributed by atoms with Crippen LogP contribution in [-0.2, 0) is 14.8 Å². The molecule has 2 aromatic carbocycles. The van der Waals surface area contributed by atoms with E-state index in [1.807, 2.05) is 27.7 Å². The summed E-state index contributed by atoms with van der Waals surface area (Å²) in [5.74, 6) is -0.317. The summed E-state index contributed by atoms with van der Waals surface area (Å²) in [4.78, 5) is 22.8. The summed E-state index contributed by atoms with van der Waals surface area (Å²) in [7, 11) is -4.30. The summed E-state index contributed by atoms with van der Waals surface area (Å²) >= 11 is 5.84. The lowest BCUT2D eigenvalue weighted by atomic mass is 10.1. The average Bonchev–Trinajstić information content (AvgIpc) is 2.66. The molecule has 0 aliphatic carbocycles. The van der Waals surface area contributed by atoms with E-state index in [0.717, 1.165) is 22.0 Å². The Labute approximate surface area is 187 Å². The van der Waals surface area contributed by atoms with E-state index in [1.54, 1.807) is 25.1 Å². The van der Waals surface area contributed by atoms with Gasteiger partial charge in [0.25, 0.3) is 15.7 Å². The Balaban J connectivity index is 2.57. The molecule has 1 atom stereocenters. The molecule has 0 saturated heterocycles. The number of aryl methyl sites for hydroxylation is 2. The molecule has 0 bridgehead atoms. The molecule has 0 aromatic heterocycles. The smallest absolute Gasteiger partial charge is 0.289 e. The zero-order valence-electron chi connectivity index (χ0n) is 18.0. The Bertz CT molecular complexity index is 1100. The highest BCUT2D eigenvalue weighted by atomic mass is 35.5. The highest BCUT2D eigenvalue weighted by molar-refractivity contribution is 7.92. The van der Waals surface area contributed by atoms with Crippen LogP contribution in [0.25, 0.3) is 0 Å². The molecular weight excluding hydrogens is 442 g/mol. The summed E-state index contributed by atoms with van der Waals surface area (Å²) in [6, 6.07) is 8.26. The lowest BCUT2D eigenvalue weighted by molar-refractivity contribution is -0.384. The zero-order chi connectivity index (χ0) is 23.5. The van der Waals surface area contributed by atoms with Crippen LogP contribution in [0.3, 0.4) is 0 Å². The second-order valence-electron chi connectivity index (χ2n) is 7.77. The normalized spacial score (nSPS) is 12.5. The number of hydrogen-bond acceptors (Lipinski definition) is 5. The first kappa shape index (κ1) is 24.6. The molecular formula is C21H26ClN3O5S. The van der Waals surface area contributed by atoms with Gasteiger partial charge in [0.05, 0.1) is 15.5 Å². The van der Waals surface area contributed by atoms with Crippen LogP contribution in [0.5, 0.6) is 0 Å². The first-order valence-electron chi connectivity index (χ1n) is 9.68. The third-order valence-electron chi connectivity index (χ3n) is 5.00. The van der Waals surface area contributed by atoms with Crippen LogP contribution in [0, 0.1) is 29.9 Å². The van der Waals surface area contributed by atoms with E-state index >= 15 is 0 Å². The molecule has 1 unspecified atom stereocenters.